The second-order valence-electron chi connectivity index (χ2n) is 6.36. The summed E-state index contributed by atoms with van der Waals surface area (Å²) in [5, 5.41) is 12.2. The fourth-order valence-corrected chi connectivity index (χ4v) is 2.69. The first kappa shape index (κ1) is 22.9. The van der Waals surface area contributed by atoms with Gasteiger partial charge in [0.1, 0.15) is 0 Å². The van der Waals surface area contributed by atoms with Crippen LogP contribution in [0.25, 0.3) is 0 Å². The summed E-state index contributed by atoms with van der Waals surface area (Å²) in [5.41, 5.74) is 2.36. The first-order chi connectivity index (χ1) is 11.2. The van der Waals surface area contributed by atoms with Crippen LogP contribution in [0, 0.1) is 0 Å². The van der Waals surface area contributed by atoms with E-state index >= 15 is 0 Å². The lowest BCUT2D eigenvalue weighted by Crippen LogP contribution is -2.14. The summed E-state index contributed by atoms with van der Waals surface area (Å²) >= 11 is 0. The third kappa shape index (κ3) is 12.4. The molecule has 0 radical (unpaired) electrons. The number of carboxylic acid groups (broad SMARTS) is 1. The van der Waals surface area contributed by atoms with Crippen molar-refractivity contribution >= 4 is 18.4 Å². The highest BCUT2D eigenvalue weighted by molar-refractivity contribution is 5.85. The van der Waals surface area contributed by atoms with Gasteiger partial charge in [0, 0.05) is 13.0 Å². The molecule has 0 spiro atoms. The summed E-state index contributed by atoms with van der Waals surface area (Å²) in [6, 6.07) is 8.27. The van der Waals surface area contributed by atoms with Crippen molar-refractivity contribution in [2.45, 2.75) is 77.7 Å². The van der Waals surface area contributed by atoms with Crippen molar-refractivity contribution in [1.29, 1.82) is 0 Å². The van der Waals surface area contributed by atoms with Crippen LogP contribution < -0.4 is 5.32 Å². The van der Waals surface area contributed by atoms with E-state index in [9.17, 15) is 4.79 Å². The van der Waals surface area contributed by atoms with Gasteiger partial charge in [0.25, 0.3) is 0 Å². The molecule has 1 aromatic carbocycles. The van der Waals surface area contributed by atoms with Crippen molar-refractivity contribution in [3.05, 3.63) is 35.4 Å². The number of rotatable bonds is 14. The van der Waals surface area contributed by atoms with Crippen LogP contribution in [-0.2, 0) is 17.8 Å². The van der Waals surface area contributed by atoms with Crippen LogP contribution in [0.3, 0.4) is 0 Å². The van der Waals surface area contributed by atoms with E-state index in [2.05, 4.69) is 24.4 Å². The summed E-state index contributed by atoms with van der Waals surface area (Å²) in [5.74, 6) is -0.735. The highest BCUT2D eigenvalue weighted by Crippen LogP contribution is 2.09. The lowest BCUT2D eigenvalue weighted by Gasteiger charge is -2.06. The molecule has 0 amide bonds. The molecular formula is C20H34ClNO2. The fraction of sp³-hybridized carbons (Fsp3) is 0.650. The Bertz CT molecular complexity index is 420. The quantitative estimate of drug-likeness (QED) is 0.442. The van der Waals surface area contributed by atoms with Crippen LogP contribution in [0.15, 0.2) is 24.3 Å². The summed E-state index contributed by atoms with van der Waals surface area (Å²) < 4.78 is 0. The molecule has 0 saturated carbocycles. The van der Waals surface area contributed by atoms with E-state index in [0.717, 1.165) is 18.7 Å². The Morgan fingerprint density at radius 3 is 2.04 bits per heavy atom. The molecule has 4 heteroatoms. The standard InChI is InChI=1S/C20H33NO2.ClH/c1-2-3-4-5-6-7-8-9-16-21-17-19-12-10-18(11-13-19)14-15-20(22)23;/h10-13,21H,2-9,14-17H2,1H3,(H,22,23);1H. The van der Waals surface area contributed by atoms with Gasteiger partial charge >= 0.3 is 5.97 Å². The Kier molecular flexibility index (Phi) is 14.8. The van der Waals surface area contributed by atoms with E-state index in [-0.39, 0.29) is 18.8 Å². The molecule has 0 atom stereocenters. The van der Waals surface area contributed by atoms with E-state index in [1.807, 2.05) is 12.1 Å². The lowest BCUT2D eigenvalue weighted by atomic mass is 10.1. The Balaban J connectivity index is 0.00000529. The van der Waals surface area contributed by atoms with Gasteiger partial charge in [0.05, 0.1) is 0 Å². The molecular weight excluding hydrogens is 322 g/mol. The predicted molar refractivity (Wildman–Crippen MR) is 104 cm³/mol. The van der Waals surface area contributed by atoms with Gasteiger partial charge < -0.3 is 10.4 Å². The zero-order chi connectivity index (χ0) is 16.8. The molecule has 3 nitrogen and oxygen atoms in total. The van der Waals surface area contributed by atoms with E-state index in [0.29, 0.717) is 6.42 Å². The number of nitrogens with one attached hydrogen (secondary N) is 1. The van der Waals surface area contributed by atoms with Crippen molar-refractivity contribution < 1.29 is 9.90 Å². The summed E-state index contributed by atoms with van der Waals surface area (Å²) in [4.78, 5) is 10.5. The number of unbranched alkanes of at least 4 members (excludes halogenated alkanes) is 7. The third-order valence-corrected chi connectivity index (χ3v) is 4.19. The number of benzene rings is 1. The van der Waals surface area contributed by atoms with Crippen LogP contribution in [0.1, 0.15) is 75.8 Å². The highest BCUT2D eigenvalue weighted by Gasteiger charge is 1.99. The number of carbonyl (C=O) groups is 1. The van der Waals surface area contributed by atoms with Crippen molar-refractivity contribution in [3.63, 3.8) is 0 Å². The van der Waals surface area contributed by atoms with Crippen LogP contribution in [0.2, 0.25) is 0 Å². The van der Waals surface area contributed by atoms with Gasteiger partial charge in [-0.15, -0.1) is 12.4 Å². The van der Waals surface area contributed by atoms with E-state index in [1.165, 1.54) is 56.9 Å². The number of aliphatic carboxylic acids is 1. The van der Waals surface area contributed by atoms with Gasteiger partial charge in [-0.1, -0.05) is 76.1 Å². The minimum absolute atomic E-state index is 0. The molecule has 0 aliphatic carbocycles. The van der Waals surface area contributed by atoms with Gasteiger partial charge in [-0.05, 0) is 30.5 Å². The molecule has 0 aromatic heterocycles. The predicted octanol–water partition coefficient (Wildman–Crippen LogP) is 5.36. The average Bonchev–Trinajstić information content (AvgIpc) is 2.55. The largest absolute Gasteiger partial charge is 0.481 e. The van der Waals surface area contributed by atoms with Crippen molar-refractivity contribution in [1.82, 2.24) is 5.32 Å². The Labute approximate surface area is 153 Å². The molecule has 2 N–H and O–H groups in total. The topological polar surface area (TPSA) is 49.3 Å². The van der Waals surface area contributed by atoms with Crippen molar-refractivity contribution in [2.75, 3.05) is 6.54 Å². The first-order valence-electron chi connectivity index (χ1n) is 9.22. The summed E-state index contributed by atoms with van der Waals surface area (Å²) in [6.07, 6.45) is 11.7. The fourth-order valence-electron chi connectivity index (χ4n) is 2.69. The molecule has 1 rings (SSSR count). The SMILES string of the molecule is CCCCCCCCCCNCc1ccc(CCC(=O)O)cc1.Cl. The monoisotopic (exact) mass is 355 g/mol. The summed E-state index contributed by atoms with van der Waals surface area (Å²) in [6.45, 7) is 4.24. The van der Waals surface area contributed by atoms with Gasteiger partial charge in [0.15, 0.2) is 0 Å². The number of aryl methyl sites for hydroxylation is 1. The molecule has 0 bridgehead atoms. The molecule has 0 aliphatic rings. The Hall–Kier alpha value is -1.06. The summed E-state index contributed by atoms with van der Waals surface area (Å²) in [7, 11) is 0. The van der Waals surface area contributed by atoms with E-state index in [4.69, 9.17) is 5.11 Å². The van der Waals surface area contributed by atoms with Gasteiger partial charge in [-0.2, -0.15) is 0 Å². The third-order valence-electron chi connectivity index (χ3n) is 4.19. The zero-order valence-corrected chi connectivity index (χ0v) is 15.9. The Morgan fingerprint density at radius 2 is 1.46 bits per heavy atom. The Morgan fingerprint density at radius 1 is 0.917 bits per heavy atom. The molecule has 0 unspecified atom stereocenters. The maximum atomic E-state index is 10.5. The minimum atomic E-state index is -0.735. The number of hydrogen-bond donors (Lipinski definition) is 2. The van der Waals surface area contributed by atoms with E-state index < -0.39 is 5.97 Å². The normalized spacial score (nSPS) is 10.4. The molecule has 0 aliphatic heterocycles. The van der Waals surface area contributed by atoms with Gasteiger partial charge in [0.2, 0.25) is 0 Å². The van der Waals surface area contributed by atoms with Crippen LogP contribution in [-0.4, -0.2) is 17.6 Å². The second kappa shape index (κ2) is 15.5. The number of carboxylic acids is 1. The maximum absolute atomic E-state index is 10.5. The molecule has 0 heterocycles. The van der Waals surface area contributed by atoms with Crippen LogP contribution in [0.4, 0.5) is 0 Å². The lowest BCUT2D eigenvalue weighted by molar-refractivity contribution is -0.136. The second-order valence-corrected chi connectivity index (χ2v) is 6.36. The van der Waals surface area contributed by atoms with Gasteiger partial charge in [-0.25, -0.2) is 0 Å². The molecule has 0 fully saturated rings. The molecule has 138 valence electrons. The molecule has 0 saturated heterocycles. The van der Waals surface area contributed by atoms with E-state index in [1.54, 1.807) is 0 Å². The molecule has 1 aromatic rings. The van der Waals surface area contributed by atoms with Crippen LogP contribution in [0.5, 0.6) is 0 Å². The molecule has 24 heavy (non-hydrogen) atoms. The smallest absolute Gasteiger partial charge is 0.303 e. The van der Waals surface area contributed by atoms with Crippen LogP contribution >= 0.6 is 12.4 Å². The average molecular weight is 356 g/mol. The number of halogens is 1. The number of hydrogen-bond acceptors (Lipinski definition) is 2. The van der Waals surface area contributed by atoms with Gasteiger partial charge in [-0.3, -0.25) is 4.79 Å². The maximum Gasteiger partial charge on any atom is 0.303 e. The minimum Gasteiger partial charge on any atom is -0.481 e. The van der Waals surface area contributed by atoms with Crippen molar-refractivity contribution in [3.8, 4) is 0 Å². The first-order valence-corrected chi connectivity index (χ1v) is 9.22. The van der Waals surface area contributed by atoms with Crippen molar-refractivity contribution in [2.24, 2.45) is 0 Å². The zero-order valence-electron chi connectivity index (χ0n) is 15.1. The highest BCUT2D eigenvalue weighted by atomic mass is 35.5.